The smallest absolute Gasteiger partial charge is 0.221 e. The fourth-order valence-electron chi connectivity index (χ4n) is 1.92. The second-order valence-electron chi connectivity index (χ2n) is 4.63. The number of ether oxygens (including phenoxy) is 2. The van der Waals surface area contributed by atoms with E-state index in [0.29, 0.717) is 28.5 Å². The summed E-state index contributed by atoms with van der Waals surface area (Å²) >= 11 is 6.95. The average molecular weight is 457 g/mol. The van der Waals surface area contributed by atoms with E-state index in [-0.39, 0.29) is 6.61 Å². The summed E-state index contributed by atoms with van der Waals surface area (Å²) in [7, 11) is 0. The number of nitrogens with zero attached hydrogens (tertiary/aromatic N) is 4. The van der Waals surface area contributed by atoms with E-state index >= 15 is 0 Å². The Hall–Kier alpha value is -2.05. The van der Waals surface area contributed by atoms with Crippen LogP contribution in [0.4, 0.5) is 5.95 Å². The van der Waals surface area contributed by atoms with Gasteiger partial charge in [0.2, 0.25) is 5.95 Å². The van der Waals surface area contributed by atoms with Crippen LogP contribution in [0.25, 0.3) is 0 Å². The summed E-state index contributed by atoms with van der Waals surface area (Å²) in [5, 5.41) is 13.0. The van der Waals surface area contributed by atoms with E-state index in [4.69, 9.17) is 20.5 Å². The van der Waals surface area contributed by atoms with Gasteiger partial charge in [-0.15, -0.1) is 0 Å². The van der Waals surface area contributed by atoms with E-state index in [0.717, 1.165) is 15.7 Å². The number of benzene rings is 1. The van der Waals surface area contributed by atoms with Crippen molar-refractivity contribution in [3.63, 3.8) is 0 Å². The van der Waals surface area contributed by atoms with Gasteiger partial charge in [-0.3, -0.25) is 0 Å². The molecule has 1 aromatic heterocycles. The van der Waals surface area contributed by atoms with Crippen LogP contribution in [0.5, 0.6) is 11.5 Å². The van der Waals surface area contributed by atoms with Gasteiger partial charge in [-0.25, -0.2) is 9.66 Å². The van der Waals surface area contributed by atoms with Crippen LogP contribution >= 0.6 is 31.9 Å². The molecular weight excluding hydrogens is 442 g/mol. The first-order valence-electron chi connectivity index (χ1n) is 6.98. The highest BCUT2D eigenvalue weighted by molar-refractivity contribution is 9.13. The fourth-order valence-corrected chi connectivity index (χ4v) is 2.86. The number of aromatic nitrogens is 2. The molecule has 0 atom stereocenters. The largest absolute Gasteiger partial charge is 0.490 e. The number of rotatable bonds is 6. The van der Waals surface area contributed by atoms with Crippen LogP contribution in [0.2, 0.25) is 0 Å². The number of nitrogens with two attached hydrogens (primary N) is 1. The van der Waals surface area contributed by atoms with Crippen LogP contribution in [-0.2, 0) is 0 Å². The minimum absolute atomic E-state index is 0.0800. The van der Waals surface area contributed by atoms with Gasteiger partial charge in [0.05, 0.1) is 29.2 Å². The third-order valence-corrected chi connectivity index (χ3v) is 5.04. The predicted molar refractivity (Wildman–Crippen MR) is 98.5 cm³/mol. The molecule has 0 radical (unpaired) electrons. The summed E-state index contributed by atoms with van der Waals surface area (Å²) in [6.07, 6.45) is 3.35. The van der Waals surface area contributed by atoms with Crippen molar-refractivity contribution in [1.82, 2.24) is 9.66 Å². The Morgan fingerprint density at radius 3 is 2.75 bits per heavy atom. The van der Waals surface area contributed by atoms with E-state index < -0.39 is 0 Å². The lowest BCUT2D eigenvalue weighted by Crippen LogP contribution is -2.03. The molecule has 0 saturated heterocycles. The average Bonchev–Trinajstić information content (AvgIpc) is 2.87. The summed E-state index contributed by atoms with van der Waals surface area (Å²) < 4.78 is 13.9. The highest BCUT2D eigenvalue weighted by Gasteiger charge is 2.17. The lowest BCUT2D eigenvalue weighted by Gasteiger charge is -2.14. The molecule has 2 aromatic rings. The molecule has 0 spiro atoms. The monoisotopic (exact) mass is 455 g/mol. The first kappa shape index (κ1) is 18.3. The molecule has 24 heavy (non-hydrogen) atoms. The molecule has 0 amide bonds. The van der Waals surface area contributed by atoms with E-state index in [1.807, 2.05) is 19.9 Å². The maximum atomic E-state index is 8.72. The Labute approximate surface area is 156 Å². The zero-order chi connectivity index (χ0) is 17.7. The predicted octanol–water partition coefficient (Wildman–Crippen LogP) is 3.48. The molecule has 0 saturated carbocycles. The Morgan fingerprint density at radius 1 is 1.42 bits per heavy atom. The van der Waals surface area contributed by atoms with Crippen molar-refractivity contribution in [2.45, 2.75) is 13.8 Å². The van der Waals surface area contributed by atoms with Gasteiger partial charge in [0.1, 0.15) is 6.07 Å². The van der Waals surface area contributed by atoms with Crippen molar-refractivity contribution in [1.29, 1.82) is 5.26 Å². The van der Waals surface area contributed by atoms with Gasteiger partial charge in [0.25, 0.3) is 0 Å². The number of anilines is 1. The summed E-state index contributed by atoms with van der Waals surface area (Å²) in [5.41, 5.74) is 7.30. The summed E-state index contributed by atoms with van der Waals surface area (Å²) in [6, 6.07) is 3.71. The highest BCUT2D eigenvalue weighted by Crippen LogP contribution is 2.42. The van der Waals surface area contributed by atoms with Gasteiger partial charge in [0, 0.05) is 10.0 Å². The molecule has 0 bridgehead atoms. The minimum atomic E-state index is -0.0800. The molecular formula is C15H15Br2N5O2. The standard InChI is InChI=1S/C15H15Br2N5O2/c1-3-23-11-6-10(7-20-22-8-9(2)21-15(22)19)12(16)13(17)14(11)24-5-4-18/h6-8H,3,5H2,1-2H3,(H2,19,21). The maximum Gasteiger partial charge on any atom is 0.221 e. The molecule has 0 aliphatic heterocycles. The zero-order valence-corrected chi connectivity index (χ0v) is 16.3. The number of halogens is 2. The first-order valence-corrected chi connectivity index (χ1v) is 8.56. The van der Waals surface area contributed by atoms with Crippen molar-refractivity contribution < 1.29 is 9.47 Å². The second kappa shape index (κ2) is 8.17. The normalized spacial score (nSPS) is 10.8. The quantitative estimate of drug-likeness (QED) is 0.670. The lowest BCUT2D eigenvalue weighted by atomic mass is 10.2. The Balaban J connectivity index is 2.43. The highest BCUT2D eigenvalue weighted by atomic mass is 79.9. The van der Waals surface area contributed by atoms with Gasteiger partial charge in [-0.1, -0.05) is 0 Å². The van der Waals surface area contributed by atoms with Crippen molar-refractivity contribution in [3.8, 4) is 17.6 Å². The van der Waals surface area contributed by atoms with Crippen molar-refractivity contribution in [2.24, 2.45) is 5.10 Å². The van der Waals surface area contributed by atoms with Crippen molar-refractivity contribution in [3.05, 3.63) is 32.5 Å². The number of hydrogen-bond acceptors (Lipinski definition) is 6. The summed E-state index contributed by atoms with van der Waals surface area (Å²) in [6.45, 7) is 4.08. The lowest BCUT2D eigenvalue weighted by molar-refractivity contribution is 0.297. The second-order valence-corrected chi connectivity index (χ2v) is 6.22. The van der Waals surface area contributed by atoms with Gasteiger partial charge >= 0.3 is 0 Å². The van der Waals surface area contributed by atoms with Crippen LogP contribution in [0.1, 0.15) is 18.2 Å². The summed E-state index contributed by atoms with van der Waals surface area (Å²) in [5.74, 6) is 1.28. The number of imidazole rings is 1. The topological polar surface area (TPSA) is 98.4 Å². The summed E-state index contributed by atoms with van der Waals surface area (Å²) in [4.78, 5) is 4.09. The van der Waals surface area contributed by atoms with Gasteiger partial charge < -0.3 is 15.2 Å². The third-order valence-electron chi connectivity index (χ3n) is 2.89. The molecule has 1 aromatic carbocycles. The van der Waals surface area contributed by atoms with Crippen LogP contribution < -0.4 is 15.2 Å². The van der Waals surface area contributed by atoms with E-state index in [9.17, 15) is 0 Å². The molecule has 2 rings (SSSR count). The van der Waals surface area contributed by atoms with Gasteiger partial charge in [-0.05, 0) is 51.8 Å². The van der Waals surface area contributed by atoms with E-state index in [2.05, 4.69) is 41.9 Å². The van der Waals surface area contributed by atoms with Crippen LogP contribution in [-0.4, -0.2) is 29.1 Å². The molecule has 0 aliphatic rings. The molecule has 0 aliphatic carbocycles. The SMILES string of the molecule is CCOc1cc(C=Nn2cc(C)nc2N)c(Br)c(Br)c1OCC#N. The Bertz CT molecular complexity index is 811. The Kier molecular flexibility index (Phi) is 6.23. The number of nitrogen functional groups attached to an aromatic ring is 1. The number of aryl methyl sites for hydroxylation is 1. The molecule has 2 N–H and O–H groups in total. The van der Waals surface area contributed by atoms with E-state index in [1.54, 1.807) is 18.5 Å². The molecule has 9 heteroatoms. The number of nitriles is 1. The van der Waals surface area contributed by atoms with Crippen molar-refractivity contribution in [2.75, 3.05) is 18.9 Å². The third kappa shape index (κ3) is 4.07. The van der Waals surface area contributed by atoms with Crippen molar-refractivity contribution >= 4 is 44.0 Å². The van der Waals surface area contributed by atoms with Crippen LogP contribution in [0.3, 0.4) is 0 Å². The molecule has 0 unspecified atom stereocenters. The van der Waals surface area contributed by atoms with Crippen LogP contribution in [0, 0.1) is 18.3 Å². The maximum absolute atomic E-state index is 8.72. The molecule has 1 heterocycles. The minimum Gasteiger partial charge on any atom is -0.490 e. The molecule has 0 fully saturated rings. The molecule has 126 valence electrons. The fraction of sp³-hybridized carbons (Fsp3) is 0.267. The van der Waals surface area contributed by atoms with Gasteiger partial charge in [0.15, 0.2) is 18.1 Å². The first-order chi connectivity index (χ1) is 11.5. The Morgan fingerprint density at radius 2 is 2.17 bits per heavy atom. The van der Waals surface area contributed by atoms with E-state index in [1.165, 1.54) is 4.68 Å². The number of hydrogen-bond donors (Lipinski definition) is 1. The molecule has 7 nitrogen and oxygen atoms in total. The van der Waals surface area contributed by atoms with Gasteiger partial charge in [-0.2, -0.15) is 10.4 Å². The van der Waals surface area contributed by atoms with Crippen LogP contribution in [0.15, 0.2) is 26.3 Å². The zero-order valence-electron chi connectivity index (χ0n) is 13.1.